The first-order valence-electron chi connectivity index (χ1n) is 8.26. The highest BCUT2D eigenvalue weighted by Gasteiger charge is 2.09. The fourth-order valence-electron chi connectivity index (χ4n) is 2.38. The van der Waals surface area contributed by atoms with Crippen molar-refractivity contribution >= 4 is 23.2 Å². The standard InChI is InChI=1S/C20H24N2O3/c1-13(2)16-8-10-17(11-9-16)25-12-20(24)22-19-7-5-6-18(14(19)3)21-15(4)23/h5-11,13H,12H2,1-4H3,(H,21,23)(H,22,24). The summed E-state index contributed by atoms with van der Waals surface area (Å²) in [6.07, 6.45) is 0. The van der Waals surface area contributed by atoms with E-state index in [0.29, 0.717) is 23.0 Å². The van der Waals surface area contributed by atoms with Gasteiger partial charge in [0.15, 0.2) is 6.61 Å². The number of carbonyl (C=O) groups excluding carboxylic acids is 2. The van der Waals surface area contributed by atoms with Crippen LogP contribution in [0, 0.1) is 6.92 Å². The van der Waals surface area contributed by atoms with Crippen LogP contribution in [0.2, 0.25) is 0 Å². The minimum atomic E-state index is -0.254. The molecular weight excluding hydrogens is 316 g/mol. The van der Waals surface area contributed by atoms with Gasteiger partial charge in [-0.05, 0) is 48.2 Å². The first kappa shape index (κ1) is 18.5. The molecule has 0 bridgehead atoms. The topological polar surface area (TPSA) is 67.4 Å². The summed E-state index contributed by atoms with van der Waals surface area (Å²) in [7, 11) is 0. The molecule has 5 nitrogen and oxygen atoms in total. The second-order valence-corrected chi connectivity index (χ2v) is 6.22. The maximum Gasteiger partial charge on any atom is 0.262 e. The molecule has 132 valence electrons. The summed E-state index contributed by atoms with van der Waals surface area (Å²) in [5.74, 6) is 0.704. The molecule has 2 aromatic rings. The molecule has 0 radical (unpaired) electrons. The minimum Gasteiger partial charge on any atom is -0.484 e. The summed E-state index contributed by atoms with van der Waals surface area (Å²) >= 11 is 0. The Bertz CT molecular complexity index is 752. The van der Waals surface area contributed by atoms with E-state index in [9.17, 15) is 9.59 Å². The van der Waals surface area contributed by atoms with Crippen molar-refractivity contribution in [2.75, 3.05) is 17.2 Å². The van der Waals surface area contributed by atoms with Crippen LogP contribution in [0.4, 0.5) is 11.4 Å². The number of hydrogen-bond acceptors (Lipinski definition) is 3. The van der Waals surface area contributed by atoms with Crippen LogP contribution in [0.15, 0.2) is 42.5 Å². The Labute approximate surface area is 148 Å². The minimum absolute atomic E-state index is 0.0785. The molecule has 0 spiro atoms. The maximum atomic E-state index is 12.1. The second-order valence-electron chi connectivity index (χ2n) is 6.22. The first-order chi connectivity index (χ1) is 11.9. The van der Waals surface area contributed by atoms with E-state index in [2.05, 4.69) is 24.5 Å². The average molecular weight is 340 g/mol. The average Bonchev–Trinajstić information content (AvgIpc) is 2.56. The van der Waals surface area contributed by atoms with E-state index < -0.39 is 0 Å². The van der Waals surface area contributed by atoms with E-state index in [4.69, 9.17) is 4.74 Å². The van der Waals surface area contributed by atoms with Gasteiger partial charge >= 0.3 is 0 Å². The highest BCUT2D eigenvalue weighted by atomic mass is 16.5. The molecule has 2 aromatic carbocycles. The van der Waals surface area contributed by atoms with Crippen molar-refractivity contribution in [3.05, 3.63) is 53.6 Å². The molecule has 0 atom stereocenters. The summed E-state index contributed by atoms with van der Waals surface area (Å²) in [5.41, 5.74) is 3.35. The van der Waals surface area contributed by atoms with Crippen molar-refractivity contribution < 1.29 is 14.3 Å². The zero-order valence-electron chi connectivity index (χ0n) is 15.1. The lowest BCUT2D eigenvalue weighted by atomic mass is 10.0. The molecule has 0 aliphatic heterocycles. The van der Waals surface area contributed by atoms with Gasteiger partial charge in [-0.2, -0.15) is 0 Å². The Kier molecular flexibility index (Phi) is 6.17. The smallest absolute Gasteiger partial charge is 0.262 e. The van der Waals surface area contributed by atoms with E-state index in [1.807, 2.05) is 31.2 Å². The van der Waals surface area contributed by atoms with E-state index in [-0.39, 0.29) is 18.4 Å². The van der Waals surface area contributed by atoms with Crippen LogP contribution in [0.3, 0.4) is 0 Å². The summed E-state index contributed by atoms with van der Waals surface area (Å²) in [6.45, 7) is 7.46. The predicted octanol–water partition coefficient (Wildman–Crippen LogP) is 4.09. The summed E-state index contributed by atoms with van der Waals surface area (Å²) in [5, 5.41) is 5.55. The molecule has 0 heterocycles. The molecule has 2 amide bonds. The van der Waals surface area contributed by atoms with Gasteiger partial charge in [0.2, 0.25) is 5.91 Å². The predicted molar refractivity (Wildman–Crippen MR) is 100 cm³/mol. The van der Waals surface area contributed by atoms with Crippen LogP contribution in [-0.2, 0) is 9.59 Å². The fourth-order valence-corrected chi connectivity index (χ4v) is 2.38. The highest BCUT2D eigenvalue weighted by Crippen LogP contribution is 2.23. The van der Waals surface area contributed by atoms with Crippen molar-refractivity contribution in [1.82, 2.24) is 0 Å². The van der Waals surface area contributed by atoms with Gasteiger partial charge < -0.3 is 15.4 Å². The quantitative estimate of drug-likeness (QED) is 0.832. The van der Waals surface area contributed by atoms with Crippen LogP contribution in [-0.4, -0.2) is 18.4 Å². The third-order valence-electron chi connectivity index (χ3n) is 3.84. The van der Waals surface area contributed by atoms with E-state index in [1.54, 1.807) is 18.2 Å². The van der Waals surface area contributed by atoms with Gasteiger partial charge in [-0.25, -0.2) is 0 Å². The van der Waals surface area contributed by atoms with Crippen molar-refractivity contribution in [1.29, 1.82) is 0 Å². The number of carbonyl (C=O) groups is 2. The second kappa shape index (κ2) is 8.33. The third kappa shape index (κ3) is 5.35. The summed E-state index contributed by atoms with van der Waals surface area (Å²) in [6, 6.07) is 13.1. The van der Waals surface area contributed by atoms with Gasteiger partial charge in [0.1, 0.15) is 5.75 Å². The van der Waals surface area contributed by atoms with Crippen molar-refractivity contribution in [2.24, 2.45) is 0 Å². The number of benzene rings is 2. The number of hydrogen-bond donors (Lipinski definition) is 2. The Morgan fingerprint density at radius 1 is 1.00 bits per heavy atom. The van der Waals surface area contributed by atoms with Crippen LogP contribution in [0.5, 0.6) is 5.75 Å². The molecule has 2 N–H and O–H groups in total. The van der Waals surface area contributed by atoms with Crippen molar-refractivity contribution in [2.45, 2.75) is 33.6 Å². The Balaban J connectivity index is 1.95. The molecular formula is C20H24N2O3. The summed E-state index contributed by atoms with van der Waals surface area (Å²) < 4.78 is 5.53. The lowest BCUT2D eigenvalue weighted by Gasteiger charge is -2.13. The van der Waals surface area contributed by atoms with E-state index in [0.717, 1.165) is 5.56 Å². The summed E-state index contributed by atoms with van der Waals surface area (Å²) in [4.78, 5) is 23.3. The third-order valence-corrected chi connectivity index (χ3v) is 3.84. The lowest BCUT2D eigenvalue weighted by molar-refractivity contribution is -0.118. The van der Waals surface area contributed by atoms with Crippen LogP contribution in [0.25, 0.3) is 0 Å². The van der Waals surface area contributed by atoms with Gasteiger partial charge in [0.05, 0.1) is 0 Å². The molecule has 0 fully saturated rings. The SMILES string of the molecule is CC(=O)Nc1cccc(NC(=O)COc2ccc(C(C)C)cc2)c1C. The van der Waals surface area contributed by atoms with Crippen LogP contribution >= 0.6 is 0 Å². The monoisotopic (exact) mass is 340 g/mol. The Morgan fingerprint density at radius 2 is 1.60 bits per heavy atom. The van der Waals surface area contributed by atoms with Gasteiger partial charge in [0, 0.05) is 18.3 Å². The van der Waals surface area contributed by atoms with Crippen LogP contribution < -0.4 is 15.4 Å². The van der Waals surface area contributed by atoms with Gasteiger partial charge in [0.25, 0.3) is 5.91 Å². The van der Waals surface area contributed by atoms with E-state index in [1.165, 1.54) is 12.5 Å². The molecule has 0 unspecified atom stereocenters. The number of ether oxygens (including phenoxy) is 1. The zero-order chi connectivity index (χ0) is 18.4. The number of amides is 2. The molecule has 2 rings (SSSR count). The van der Waals surface area contributed by atoms with Gasteiger partial charge in [-0.15, -0.1) is 0 Å². The normalized spacial score (nSPS) is 10.4. The van der Waals surface area contributed by atoms with Gasteiger partial charge in [-0.1, -0.05) is 32.0 Å². The largest absolute Gasteiger partial charge is 0.484 e. The number of anilines is 2. The van der Waals surface area contributed by atoms with Crippen molar-refractivity contribution in [3.8, 4) is 5.75 Å². The molecule has 25 heavy (non-hydrogen) atoms. The molecule has 0 aromatic heterocycles. The number of nitrogens with one attached hydrogen (secondary N) is 2. The number of rotatable bonds is 6. The molecule has 0 aliphatic carbocycles. The van der Waals surface area contributed by atoms with Crippen LogP contribution in [0.1, 0.15) is 37.8 Å². The highest BCUT2D eigenvalue weighted by molar-refractivity contribution is 5.95. The van der Waals surface area contributed by atoms with Crippen molar-refractivity contribution in [3.63, 3.8) is 0 Å². The Hall–Kier alpha value is -2.82. The lowest BCUT2D eigenvalue weighted by Crippen LogP contribution is -2.21. The molecule has 0 saturated carbocycles. The van der Waals surface area contributed by atoms with Gasteiger partial charge in [-0.3, -0.25) is 9.59 Å². The zero-order valence-corrected chi connectivity index (χ0v) is 15.1. The molecule has 5 heteroatoms. The Morgan fingerprint density at radius 3 is 2.16 bits per heavy atom. The molecule has 0 aliphatic rings. The first-order valence-corrected chi connectivity index (χ1v) is 8.26. The van der Waals surface area contributed by atoms with E-state index >= 15 is 0 Å². The molecule has 0 saturated heterocycles. The fraction of sp³-hybridized carbons (Fsp3) is 0.300. The maximum absolute atomic E-state index is 12.1.